The first kappa shape index (κ1) is 17.3. The van der Waals surface area contributed by atoms with Gasteiger partial charge in [-0.1, -0.05) is 19.9 Å². The molecule has 1 N–H and O–H groups in total. The van der Waals surface area contributed by atoms with Crippen molar-refractivity contribution in [1.29, 1.82) is 0 Å². The van der Waals surface area contributed by atoms with E-state index in [2.05, 4.69) is 25.0 Å². The second-order valence-electron chi connectivity index (χ2n) is 7.91. The first-order valence-corrected chi connectivity index (χ1v) is 9.82. The Labute approximate surface area is 156 Å². The number of rotatable bonds is 5. The molecule has 0 radical (unpaired) electrons. The molecule has 26 heavy (non-hydrogen) atoms. The molecule has 1 fully saturated rings. The molecule has 1 aliphatic carbocycles. The molecule has 2 aliphatic rings. The Morgan fingerprint density at radius 1 is 1.35 bits per heavy atom. The molecule has 6 nitrogen and oxygen atoms in total. The average Bonchev–Trinajstić information content (AvgIpc) is 3.03. The Morgan fingerprint density at radius 3 is 2.73 bits per heavy atom. The van der Waals surface area contributed by atoms with Crippen LogP contribution in [-0.4, -0.2) is 38.2 Å². The van der Waals surface area contributed by atoms with Gasteiger partial charge in [-0.15, -0.1) is 11.3 Å². The molecular formula is C19H23N3O3S. The molecule has 1 atom stereocenters. The zero-order valence-corrected chi connectivity index (χ0v) is 15.9. The smallest absolute Gasteiger partial charge is 0.303 e. The Kier molecular flexibility index (Phi) is 3.95. The number of aryl methyl sites for hydroxylation is 1. The van der Waals surface area contributed by atoms with Crippen LogP contribution < -0.4 is 0 Å². The molecule has 7 heteroatoms. The van der Waals surface area contributed by atoms with Crippen LogP contribution in [0.1, 0.15) is 43.0 Å². The van der Waals surface area contributed by atoms with Gasteiger partial charge in [0.1, 0.15) is 0 Å². The number of aliphatic carboxylic acids is 1. The standard InChI is InChI=1S/C19H23N3O3S/c1-18(2)12-19(18,15-4-3-9-26-15)17(25)21-7-8-22-14(11-21)10-13(20-22)5-6-16(23)24/h3-4,9-10H,5-8,11-12H2,1-2H3,(H,23,24)/t19-/m0/s1. The van der Waals surface area contributed by atoms with Gasteiger partial charge in [0.25, 0.3) is 0 Å². The first-order valence-electron chi connectivity index (χ1n) is 8.94. The number of carboxylic acid groups (broad SMARTS) is 1. The molecule has 3 heterocycles. The van der Waals surface area contributed by atoms with E-state index in [1.165, 1.54) is 0 Å². The highest BCUT2D eigenvalue weighted by molar-refractivity contribution is 7.10. The van der Waals surface area contributed by atoms with Crippen LogP contribution in [0, 0.1) is 5.41 Å². The van der Waals surface area contributed by atoms with Crippen LogP contribution >= 0.6 is 11.3 Å². The maximum Gasteiger partial charge on any atom is 0.303 e. The molecule has 0 aromatic carbocycles. The van der Waals surface area contributed by atoms with Crippen LogP contribution in [0.15, 0.2) is 23.6 Å². The maximum atomic E-state index is 13.5. The summed E-state index contributed by atoms with van der Waals surface area (Å²) in [7, 11) is 0. The van der Waals surface area contributed by atoms with E-state index in [0.717, 1.165) is 22.7 Å². The van der Waals surface area contributed by atoms with Gasteiger partial charge in [-0.25, -0.2) is 0 Å². The van der Waals surface area contributed by atoms with Crippen molar-refractivity contribution in [3.63, 3.8) is 0 Å². The third kappa shape index (κ3) is 2.65. The minimum atomic E-state index is -0.818. The van der Waals surface area contributed by atoms with Gasteiger partial charge in [0.15, 0.2) is 0 Å². The topological polar surface area (TPSA) is 75.4 Å². The van der Waals surface area contributed by atoms with Crippen LogP contribution in [0.2, 0.25) is 0 Å². The third-order valence-corrected chi connectivity index (χ3v) is 6.81. The largest absolute Gasteiger partial charge is 0.481 e. The molecule has 0 bridgehead atoms. The van der Waals surface area contributed by atoms with Crippen LogP contribution in [0.4, 0.5) is 0 Å². The highest BCUT2D eigenvalue weighted by Crippen LogP contribution is 2.66. The van der Waals surface area contributed by atoms with E-state index in [9.17, 15) is 9.59 Å². The predicted octanol–water partition coefficient (Wildman–Crippen LogP) is 2.67. The van der Waals surface area contributed by atoms with Crippen molar-refractivity contribution in [3.05, 3.63) is 39.8 Å². The molecule has 2 aromatic rings. The molecule has 0 saturated heterocycles. The Balaban J connectivity index is 1.53. The predicted molar refractivity (Wildman–Crippen MR) is 98.0 cm³/mol. The van der Waals surface area contributed by atoms with E-state index in [4.69, 9.17) is 5.11 Å². The van der Waals surface area contributed by atoms with E-state index in [-0.39, 0.29) is 17.7 Å². The number of carboxylic acids is 1. The molecule has 1 amide bonds. The lowest BCUT2D eigenvalue weighted by atomic mass is 9.92. The summed E-state index contributed by atoms with van der Waals surface area (Å²) in [6.45, 7) is 6.19. The molecule has 0 spiro atoms. The van der Waals surface area contributed by atoms with Crippen molar-refractivity contribution in [2.24, 2.45) is 5.41 Å². The van der Waals surface area contributed by atoms with Crippen LogP contribution in [-0.2, 0) is 34.5 Å². The second-order valence-corrected chi connectivity index (χ2v) is 8.86. The fraction of sp³-hybridized carbons (Fsp3) is 0.526. The van der Waals surface area contributed by atoms with Crippen molar-refractivity contribution in [1.82, 2.24) is 14.7 Å². The lowest BCUT2D eigenvalue weighted by molar-refractivity contribution is -0.137. The van der Waals surface area contributed by atoms with Crippen molar-refractivity contribution in [2.75, 3.05) is 6.54 Å². The number of aromatic nitrogens is 2. The third-order valence-electron chi connectivity index (χ3n) is 5.78. The molecule has 2 aromatic heterocycles. The monoisotopic (exact) mass is 373 g/mol. The number of carbonyl (C=O) groups excluding carboxylic acids is 1. The van der Waals surface area contributed by atoms with Crippen molar-refractivity contribution >= 4 is 23.2 Å². The number of hydrogen-bond donors (Lipinski definition) is 1. The van der Waals surface area contributed by atoms with Crippen molar-refractivity contribution < 1.29 is 14.7 Å². The van der Waals surface area contributed by atoms with Crippen molar-refractivity contribution in [3.8, 4) is 0 Å². The zero-order chi connectivity index (χ0) is 18.5. The van der Waals surface area contributed by atoms with Crippen molar-refractivity contribution in [2.45, 2.75) is 51.6 Å². The number of nitrogens with zero attached hydrogens (tertiary/aromatic N) is 3. The number of amides is 1. The minimum Gasteiger partial charge on any atom is -0.481 e. The van der Waals surface area contributed by atoms with Gasteiger partial charge in [-0.05, 0) is 29.3 Å². The van der Waals surface area contributed by atoms with E-state index in [0.29, 0.717) is 26.1 Å². The van der Waals surface area contributed by atoms with Gasteiger partial charge in [-0.2, -0.15) is 5.10 Å². The minimum absolute atomic E-state index is 0.0146. The average molecular weight is 373 g/mol. The van der Waals surface area contributed by atoms with Gasteiger partial charge in [0, 0.05) is 17.8 Å². The Hall–Kier alpha value is -2.15. The first-order chi connectivity index (χ1) is 12.3. The lowest BCUT2D eigenvalue weighted by Crippen LogP contribution is -2.45. The van der Waals surface area contributed by atoms with Crippen LogP contribution in [0.5, 0.6) is 0 Å². The van der Waals surface area contributed by atoms with E-state index in [1.807, 2.05) is 27.1 Å². The summed E-state index contributed by atoms with van der Waals surface area (Å²) in [6.07, 6.45) is 1.39. The fourth-order valence-electron chi connectivity index (χ4n) is 4.16. The van der Waals surface area contributed by atoms with Gasteiger partial charge in [0.05, 0.1) is 36.3 Å². The van der Waals surface area contributed by atoms with Crippen LogP contribution in [0.3, 0.4) is 0 Å². The van der Waals surface area contributed by atoms with Gasteiger partial charge in [-0.3, -0.25) is 14.3 Å². The number of hydrogen-bond acceptors (Lipinski definition) is 4. The van der Waals surface area contributed by atoms with E-state index < -0.39 is 11.4 Å². The summed E-state index contributed by atoms with van der Waals surface area (Å²) >= 11 is 1.67. The molecule has 4 rings (SSSR count). The number of fused-ring (bicyclic) bond motifs is 1. The number of thiophene rings is 1. The summed E-state index contributed by atoms with van der Waals surface area (Å²) in [5.74, 6) is -0.605. The van der Waals surface area contributed by atoms with E-state index >= 15 is 0 Å². The molecular weight excluding hydrogens is 350 g/mol. The lowest BCUT2D eigenvalue weighted by Gasteiger charge is -2.32. The Bertz CT molecular complexity index is 856. The zero-order valence-electron chi connectivity index (χ0n) is 15.1. The quantitative estimate of drug-likeness (QED) is 0.874. The second kappa shape index (κ2) is 5.94. The maximum absolute atomic E-state index is 13.5. The summed E-state index contributed by atoms with van der Waals surface area (Å²) < 4.78 is 1.91. The normalized spacial score (nSPS) is 23.5. The highest BCUT2D eigenvalue weighted by atomic mass is 32.1. The van der Waals surface area contributed by atoms with Gasteiger partial charge < -0.3 is 10.0 Å². The summed E-state index contributed by atoms with van der Waals surface area (Å²) in [5.41, 5.74) is 1.37. The summed E-state index contributed by atoms with van der Waals surface area (Å²) in [5, 5.41) is 15.4. The van der Waals surface area contributed by atoms with Crippen LogP contribution in [0.25, 0.3) is 0 Å². The Morgan fingerprint density at radius 2 is 2.12 bits per heavy atom. The summed E-state index contributed by atoms with van der Waals surface area (Å²) in [6, 6.07) is 6.04. The number of carbonyl (C=O) groups is 2. The van der Waals surface area contributed by atoms with E-state index in [1.54, 1.807) is 11.3 Å². The molecule has 1 saturated carbocycles. The molecule has 138 valence electrons. The molecule has 0 unspecified atom stereocenters. The molecule has 1 aliphatic heterocycles. The fourth-order valence-corrected chi connectivity index (χ4v) is 5.26. The SMILES string of the molecule is CC1(C)C[C@@]1(C(=O)N1CCn2nc(CCC(=O)O)cc2C1)c1cccs1. The van der Waals surface area contributed by atoms with Gasteiger partial charge >= 0.3 is 5.97 Å². The highest BCUT2D eigenvalue weighted by Gasteiger charge is 2.68. The van der Waals surface area contributed by atoms with Gasteiger partial charge in [0.2, 0.25) is 5.91 Å². The summed E-state index contributed by atoms with van der Waals surface area (Å²) in [4.78, 5) is 27.3.